The Kier molecular flexibility index (Phi) is 3.42. The summed E-state index contributed by atoms with van der Waals surface area (Å²) in [6.07, 6.45) is 5.32. The summed E-state index contributed by atoms with van der Waals surface area (Å²) in [6, 6.07) is 5.90. The molecule has 0 aliphatic carbocycles. The summed E-state index contributed by atoms with van der Waals surface area (Å²) >= 11 is 0. The highest BCUT2D eigenvalue weighted by Gasteiger charge is 2.18. The zero-order valence-electron chi connectivity index (χ0n) is 14.8. The minimum Gasteiger partial charge on any atom is -0.365 e. The van der Waals surface area contributed by atoms with Crippen molar-refractivity contribution >= 4 is 27.8 Å². The van der Waals surface area contributed by atoms with Crippen LogP contribution in [0.2, 0.25) is 0 Å². The van der Waals surface area contributed by atoms with Crippen molar-refractivity contribution in [3.63, 3.8) is 0 Å². The van der Waals surface area contributed by atoms with Gasteiger partial charge in [0, 0.05) is 40.0 Å². The van der Waals surface area contributed by atoms with Gasteiger partial charge in [0.25, 0.3) is 0 Å². The van der Waals surface area contributed by atoms with Gasteiger partial charge < -0.3 is 10.3 Å². The van der Waals surface area contributed by atoms with Crippen molar-refractivity contribution < 1.29 is 0 Å². The molecule has 4 aromatic heterocycles. The Morgan fingerprint density at radius 3 is 2.68 bits per heavy atom. The molecule has 0 bridgehead atoms. The van der Waals surface area contributed by atoms with Crippen LogP contribution in [0.5, 0.6) is 0 Å². The molecule has 0 saturated heterocycles. The van der Waals surface area contributed by atoms with Crippen LogP contribution in [-0.4, -0.2) is 30.5 Å². The minimum absolute atomic E-state index is 0.112. The maximum absolute atomic E-state index is 4.84. The van der Waals surface area contributed by atoms with Crippen LogP contribution in [0.4, 0.5) is 5.82 Å². The molecule has 6 heteroatoms. The van der Waals surface area contributed by atoms with Crippen LogP contribution in [0.25, 0.3) is 33.3 Å². The van der Waals surface area contributed by atoms with E-state index in [9.17, 15) is 0 Å². The predicted octanol–water partition coefficient (Wildman–Crippen LogP) is 4.09. The quantitative estimate of drug-likeness (QED) is 0.578. The lowest BCUT2D eigenvalue weighted by Crippen LogP contribution is -2.27. The number of nitrogens with one attached hydrogen (secondary N) is 2. The molecule has 25 heavy (non-hydrogen) atoms. The van der Waals surface area contributed by atoms with E-state index in [1.54, 1.807) is 18.6 Å². The van der Waals surface area contributed by atoms with E-state index >= 15 is 0 Å². The number of rotatable bonds is 2. The van der Waals surface area contributed by atoms with Crippen LogP contribution < -0.4 is 5.32 Å². The maximum Gasteiger partial charge on any atom is 0.164 e. The highest BCUT2D eigenvalue weighted by Crippen LogP contribution is 2.32. The van der Waals surface area contributed by atoms with Crippen LogP contribution in [0.1, 0.15) is 26.5 Å². The summed E-state index contributed by atoms with van der Waals surface area (Å²) in [7, 11) is 0. The number of aromatic amines is 1. The molecule has 0 aromatic carbocycles. The molecule has 4 aromatic rings. The second-order valence-electron chi connectivity index (χ2n) is 7.19. The molecule has 0 amide bonds. The van der Waals surface area contributed by atoms with Gasteiger partial charge in [-0.25, -0.2) is 15.0 Å². The van der Waals surface area contributed by atoms with E-state index in [1.807, 2.05) is 25.1 Å². The highest BCUT2D eigenvalue weighted by atomic mass is 15.1. The van der Waals surface area contributed by atoms with Gasteiger partial charge in [0.15, 0.2) is 5.82 Å². The molecule has 0 spiro atoms. The lowest BCUT2D eigenvalue weighted by molar-refractivity contribution is 0.631. The van der Waals surface area contributed by atoms with Gasteiger partial charge >= 0.3 is 0 Å². The van der Waals surface area contributed by atoms with Gasteiger partial charge in [0.1, 0.15) is 11.5 Å². The average molecular weight is 332 g/mol. The van der Waals surface area contributed by atoms with Crippen LogP contribution in [0.15, 0.2) is 36.8 Å². The van der Waals surface area contributed by atoms with Gasteiger partial charge in [-0.05, 0) is 45.9 Å². The van der Waals surface area contributed by atoms with Crippen LogP contribution in [0.3, 0.4) is 0 Å². The number of H-pyrrole nitrogens is 1. The third-order valence-corrected chi connectivity index (χ3v) is 3.97. The molecule has 0 atom stereocenters. The number of aryl methyl sites for hydroxylation is 1. The number of nitrogens with zero attached hydrogens (tertiary/aromatic N) is 4. The van der Waals surface area contributed by atoms with E-state index in [0.717, 1.165) is 39.0 Å². The van der Waals surface area contributed by atoms with Crippen LogP contribution >= 0.6 is 0 Å². The fourth-order valence-electron chi connectivity index (χ4n) is 2.98. The molecule has 2 N–H and O–H groups in total. The Morgan fingerprint density at radius 2 is 1.88 bits per heavy atom. The molecule has 126 valence electrons. The zero-order chi connectivity index (χ0) is 17.6. The Labute approximate surface area is 145 Å². The SMILES string of the molecule is Cc1[nH]c2ncccc2c1-c1nc(NC(C)(C)C)c2ccncc2n1. The van der Waals surface area contributed by atoms with E-state index in [1.165, 1.54) is 0 Å². The summed E-state index contributed by atoms with van der Waals surface area (Å²) in [4.78, 5) is 21.5. The molecular formula is C19H20N6. The first-order valence-corrected chi connectivity index (χ1v) is 8.26. The molecular weight excluding hydrogens is 312 g/mol. The monoisotopic (exact) mass is 332 g/mol. The highest BCUT2D eigenvalue weighted by molar-refractivity contribution is 5.96. The molecule has 0 aliphatic rings. The zero-order valence-corrected chi connectivity index (χ0v) is 14.8. The van der Waals surface area contributed by atoms with E-state index in [-0.39, 0.29) is 5.54 Å². The topological polar surface area (TPSA) is 79.4 Å². The lowest BCUT2D eigenvalue weighted by Gasteiger charge is -2.22. The minimum atomic E-state index is -0.112. The third kappa shape index (κ3) is 2.80. The van der Waals surface area contributed by atoms with Crippen molar-refractivity contribution in [2.45, 2.75) is 33.2 Å². The van der Waals surface area contributed by atoms with E-state index < -0.39 is 0 Å². The molecule has 6 nitrogen and oxygen atoms in total. The van der Waals surface area contributed by atoms with Crippen molar-refractivity contribution in [2.75, 3.05) is 5.32 Å². The first kappa shape index (κ1) is 15.5. The van der Waals surface area contributed by atoms with Gasteiger partial charge in [-0.15, -0.1) is 0 Å². The number of hydrogen-bond acceptors (Lipinski definition) is 5. The summed E-state index contributed by atoms with van der Waals surface area (Å²) < 4.78 is 0. The molecule has 4 rings (SSSR count). The van der Waals surface area contributed by atoms with Crippen LogP contribution in [-0.2, 0) is 0 Å². The molecule has 0 fully saturated rings. The van der Waals surface area contributed by atoms with Gasteiger partial charge in [-0.3, -0.25) is 4.98 Å². The summed E-state index contributed by atoms with van der Waals surface area (Å²) in [5.74, 6) is 1.48. The smallest absolute Gasteiger partial charge is 0.164 e. The summed E-state index contributed by atoms with van der Waals surface area (Å²) in [5, 5.41) is 5.47. The molecule has 0 aliphatic heterocycles. The second kappa shape index (κ2) is 5.51. The largest absolute Gasteiger partial charge is 0.365 e. The van der Waals surface area contributed by atoms with Crippen molar-refractivity contribution in [2.24, 2.45) is 0 Å². The lowest BCUT2D eigenvalue weighted by atomic mass is 10.1. The molecule has 0 radical (unpaired) electrons. The Morgan fingerprint density at radius 1 is 1.04 bits per heavy atom. The normalized spacial score (nSPS) is 12.0. The van der Waals surface area contributed by atoms with E-state index in [4.69, 9.17) is 9.97 Å². The third-order valence-electron chi connectivity index (χ3n) is 3.97. The van der Waals surface area contributed by atoms with Gasteiger partial charge in [-0.1, -0.05) is 0 Å². The maximum atomic E-state index is 4.84. The number of hydrogen-bond donors (Lipinski definition) is 2. The number of pyridine rings is 2. The van der Waals surface area contributed by atoms with Gasteiger partial charge in [0.2, 0.25) is 0 Å². The number of aromatic nitrogens is 5. The molecule has 4 heterocycles. The van der Waals surface area contributed by atoms with Crippen molar-refractivity contribution in [1.82, 2.24) is 24.9 Å². The predicted molar refractivity (Wildman–Crippen MR) is 101 cm³/mol. The number of anilines is 1. The second-order valence-corrected chi connectivity index (χ2v) is 7.19. The fraction of sp³-hybridized carbons (Fsp3) is 0.263. The number of fused-ring (bicyclic) bond motifs is 2. The first-order valence-electron chi connectivity index (χ1n) is 8.26. The van der Waals surface area contributed by atoms with E-state index in [2.05, 4.69) is 41.0 Å². The standard InChI is InChI=1S/C19H20N6/c1-11-15(13-6-5-8-21-16(13)22-11)18-23-14-10-20-9-7-12(14)17(24-18)25-19(2,3)4/h5-10H,1-4H3,(H,21,22)(H,23,24,25). The molecule has 0 saturated carbocycles. The first-order chi connectivity index (χ1) is 11.9. The summed E-state index contributed by atoms with van der Waals surface area (Å²) in [6.45, 7) is 8.36. The Balaban J connectivity index is 2.00. The Hall–Kier alpha value is -3.02. The summed E-state index contributed by atoms with van der Waals surface area (Å²) in [5.41, 5.74) is 3.52. The van der Waals surface area contributed by atoms with Gasteiger partial charge in [0.05, 0.1) is 11.7 Å². The van der Waals surface area contributed by atoms with Crippen molar-refractivity contribution in [1.29, 1.82) is 0 Å². The Bertz CT molecular complexity index is 1070. The average Bonchev–Trinajstić information content (AvgIpc) is 2.89. The van der Waals surface area contributed by atoms with E-state index in [0.29, 0.717) is 5.82 Å². The molecule has 0 unspecified atom stereocenters. The van der Waals surface area contributed by atoms with Crippen LogP contribution in [0, 0.1) is 6.92 Å². The fourth-order valence-corrected chi connectivity index (χ4v) is 2.98. The van der Waals surface area contributed by atoms with Gasteiger partial charge in [-0.2, -0.15) is 0 Å². The van der Waals surface area contributed by atoms with Crippen molar-refractivity contribution in [3.8, 4) is 11.4 Å². The van der Waals surface area contributed by atoms with Crippen molar-refractivity contribution in [3.05, 3.63) is 42.5 Å².